The van der Waals surface area contributed by atoms with E-state index in [0.717, 1.165) is 12.8 Å². The summed E-state index contributed by atoms with van der Waals surface area (Å²) in [5.74, 6) is 0. The van der Waals surface area contributed by atoms with Gasteiger partial charge >= 0.3 is 23.9 Å². The van der Waals surface area contributed by atoms with E-state index in [9.17, 15) is 0 Å². The van der Waals surface area contributed by atoms with Gasteiger partial charge in [-0.2, -0.15) is 9.49 Å². The Morgan fingerprint density at radius 1 is 0.706 bits per heavy atom. The molecule has 0 aromatic carbocycles. The maximum absolute atomic E-state index is 4.83. The summed E-state index contributed by atoms with van der Waals surface area (Å²) < 4.78 is 0.167. The molecule has 0 aliphatic heterocycles. The molecule has 0 bridgehead atoms. The van der Waals surface area contributed by atoms with E-state index in [1.165, 1.54) is 0 Å². The average Bonchev–Trinajstić information content (AvgIpc) is 1.79. The van der Waals surface area contributed by atoms with Gasteiger partial charge in [-0.3, -0.25) is 0 Å². The monoisotopic (exact) mass is 384 g/mol. The molecule has 0 saturated carbocycles. The normalized spacial score (nSPS) is 9.18. The summed E-state index contributed by atoms with van der Waals surface area (Å²) in [5.41, 5.74) is 0. The Kier molecular flexibility index (Phi) is 36.3. The van der Waals surface area contributed by atoms with Gasteiger partial charge in [-0.15, -0.1) is 0 Å². The van der Waals surface area contributed by atoms with Crippen molar-refractivity contribution in [2.45, 2.75) is 77.7 Å². The van der Waals surface area contributed by atoms with Crippen molar-refractivity contribution in [3.05, 3.63) is 13.8 Å². The summed E-state index contributed by atoms with van der Waals surface area (Å²) in [6, 6.07) is 0. The Balaban J connectivity index is -0.0000000381. The first-order valence-electron chi connectivity index (χ1n) is 5.82. The van der Waals surface area contributed by atoms with Gasteiger partial charge in [0.1, 0.15) is 0 Å². The predicted molar refractivity (Wildman–Crippen MR) is 91.3 cm³/mol. The zero-order valence-electron chi connectivity index (χ0n) is 13.1. The molecule has 0 aromatic heterocycles. The molecule has 0 N–H and O–H groups in total. The Morgan fingerprint density at radius 3 is 0.706 bits per heavy atom. The van der Waals surface area contributed by atoms with E-state index >= 15 is 0 Å². The third-order valence-corrected chi connectivity index (χ3v) is 0. The smallest absolute Gasteiger partial charge is 0.787 e. The van der Waals surface area contributed by atoms with Gasteiger partial charge in [-0.05, 0) is 0 Å². The zero-order chi connectivity index (χ0) is 14.4. The zero-order valence-corrected chi connectivity index (χ0v) is 17.6. The summed E-state index contributed by atoms with van der Waals surface area (Å²) in [6.45, 7) is 23.0. The van der Waals surface area contributed by atoms with Crippen LogP contribution in [0.4, 0.5) is 0 Å². The van der Waals surface area contributed by atoms with Crippen LogP contribution in [0.15, 0.2) is 0 Å². The second-order valence-electron chi connectivity index (χ2n) is 5.22. The van der Waals surface area contributed by atoms with Crippen LogP contribution in [0.3, 0.4) is 0 Å². The largest absolute Gasteiger partial charge is 2.00 e. The molecule has 0 spiro atoms. The maximum Gasteiger partial charge on any atom is 2.00 e. The Bertz CT molecular complexity index is 75.8. The molecule has 0 nitrogen and oxygen atoms in total. The minimum absolute atomic E-state index is 0. The summed E-state index contributed by atoms with van der Waals surface area (Å²) >= 11 is 9.65. The van der Waals surface area contributed by atoms with E-state index < -0.39 is 0 Å². The van der Waals surface area contributed by atoms with Crippen molar-refractivity contribution in [3.63, 3.8) is 0 Å². The number of hydrogen-bond donors (Lipinski definition) is 0. The van der Waals surface area contributed by atoms with Crippen molar-refractivity contribution >= 4 is 49.2 Å². The molecule has 4 radical (unpaired) electrons. The van der Waals surface area contributed by atoms with Gasteiger partial charge in [-0.1, -0.05) is 82.1 Å². The molecular formula is C14H32S2Sn. The molecule has 0 saturated heterocycles. The van der Waals surface area contributed by atoms with Crippen molar-refractivity contribution in [1.29, 1.82) is 0 Å². The molecule has 17 heavy (non-hydrogen) atoms. The first-order chi connectivity index (χ1) is 6.83. The van der Waals surface area contributed by atoms with Crippen molar-refractivity contribution in [2.75, 3.05) is 0 Å². The summed E-state index contributed by atoms with van der Waals surface area (Å²) in [4.78, 5) is 0. The van der Waals surface area contributed by atoms with E-state index in [4.69, 9.17) is 25.3 Å². The second-order valence-corrected chi connectivity index (χ2v) is 7.67. The second kappa shape index (κ2) is 19.8. The molecule has 0 rings (SSSR count). The van der Waals surface area contributed by atoms with Gasteiger partial charge in [0.05, 0.1) is 0 Å². The third-order valence-electron chi connectivity index (χ3n) is 0. The first-order valence-corrected chi connectivity index (χ1v) is 6.64. The van der Waals surface area contributed by atoms with Crippen LogP contribution in [-0.4, -0.2) is 33.4 Å². The van der Waals surface area contributed by atoms with Crippen molar-refractivity contribution in [3.8, 4) is 0 Å². The van der Waals surface area contributed by atoms with Gasteiger partial charge in [0.15, 0.2) is 0 Å². The fraction of sp³-hybridized carbons (Fsp3) is 0.857. The Labute approximate surface area is 140 Å². The van der Waals surface area contributed by atoms with Gasteiger partial charge in [0.2, 0.25) is 0 Å². The molecule has 0 heterocycles. The Hall–Kier alpha value is 1.50. The number of hydrogen-bond acceptors (Lipinski definition) is 2. The molecule has 0 amide bonds. The van der Waals surface area contributed by atoms with Crippen LogP contribution in [0.2, 0.25) is 0 Å². The van der Waals surface area contributed by atoms with E-state index in [2.05, 4.69) is 13.8 Å². The van der Waals surface area contributed by atoms with Gasteiger partial charge < -0.3 is 25.3 Å². The molecule has 0 fully saturated rings. The van der Waals surface area contributed by atoms with Crippen molar-refractivity contribution in [1.82, 2.24) is 0 Å². The van der Waals surface area contributed by atoms with E-state index in [1.807, 2.05) is 55.4 Å². The topological polar surface area (TPSA) is 0 Å². The predicted octanol–water partition coefficient (Wildman–Crippen LogP) is 4.74. The minimum atomic E-state index is 0. The van der Waals surface area contributed by atoms with Crippen LogP contribution >= 0.6 is 0 Å². The molecule has 104 valence electrons. The fourth-order valence-corrected chi connectivity index (χ4v) is 0. The maximum atomic E-state index is 4.83. The summed E-state index contributed by atoms with van der Waals surface area (Å²) in [7, 11) is 0. The summed E-state index contributed by atoms with van der Waals surface area (Å²) in [5, 5.41) is 0. The quantitative estimate of drug-likeness (QED) is 0.438. The van der Waals surface area contributed by atoms with Gasteiger partial charge in [0, 0.05) is 0 Å². The van der Waals surface area contributed by atoms with Crippen molar-refractivity contribution in [2.24, 2.45) is 0 Å². The van der Waals surface area contributed by atoms with Crippen LogP contribution in [0.25, 0.3) is 0 Å². The molecule has 0 atom stereocenters. The first kappa shape index (κ1) is 31.1. The average molecular weight is 383 g/mol. The molecule has 0 aliphatic carbocycles. The SMILES string of the molecule is CC(C)(C)[S-].CC(C)(C)[S-].[CH2]CC.[CH2]CC.[Sn+2]. The van der Waals surface area contributed by atoms with Crippen molar-refractivity contribution < 1.29 is 0 Å². The van der Waals surface area contributed by atoms with E-state index in [-0.39, 0.29) is 33.4 Å². The van der Waals surface area contributed by atoms with Gasteiger partial charge in [0.25, 0.3) is 0 Å². The van der Waals surface area contributed by atoms with Crippen LogP contribution in [0, 0.1) is 13.8 Å². The van der Waals surface area contributed by atoms with Gasteiger partial charge in [-0.25, -0.2) is 0 Å². The van der Waals surface area contributed by atoms with E-state index in [1.54, 1.807) is 0 Å². The van der Waals surface area contributed by atoms with Crippen LogP contribution in [-0.2, 0) is 25.3 Å². The molecule has 0 aliphatic rings. The molecule has 0 aromatic rings. The molecular weight excluding hydrogens is 351 g/mol. The van der Waals surface area contributed by atoms with Crippen LogP contribution in [0.1, 0.15) is 68.2 Å². The standard InChI is InChI=1S/2C4H10S.2C3H7.Sn/c2*1-4(2,3)5;2*1-3-2;/h2*5H,1-3H3;2*1,3H2,2H3;/q;;;;+2/p-2. The minimum Gasteiger partial charge on any atom is -0.787 e. The third kappa shape index (κ3) is 1870. The fourth-order valence-electron chi connectivity index (χ4n) is 0. The van der Waals surface area contributed by atoms with Crippen LogP contribution < -0.4 is 0 Å². The number of rotatable bonds is 0. The molecule has 0 unspecified atom stereocenters. The van der Waals surface area contributed by atoms with E-state index in [0.29, 0.717) is 0 Å². The molecule has 3 heteroatoms. The van der Waals surface area contributed by atoms with Crippen LogP contribution in [0.5, 0.6) is 0 Å². The Morgan fingerprint density at radius 2 is 0.706 bits per heavy atom. The summed E-state index contributed by atoms with van der Waals surface area (Å²) in [6.07, 6.45) is 2.00.